The van der Waals surface area contributed by atoms with Crippen molar-refractivity contribution in [2.45, 2.75) is 19.1 Å². The minimum Gasteiger partial charge on any atom is -0.370 e. The van der Waals surface area contributed by atoms with Gasteiger partial charge in [0.1, 0.15) is 6.07 Å². The van der Waals surface area contributed by atoms with Crippen molar-refractivity contribution in [3.05, 3.63) is 33.9 Å². The van der Waals surface area contributed by atoms with Crippen LogP contribution in [0, 0.1) is 27.4 Å². The van der Waals surface area contributed by atoms with E-state index in [0.717, 1.165) is 31.6 Å². The third kappa shape index (κ3) is 2.89. The number of hydrogen-bond acceptors (Lipinski definition) is 6. The summed E-state index contributed by atoms with van der Waals surface area (Å²) in [5.74, 6) is 0.262. The maximum atomic E-state index is 10.8. The van der Waals surface area contributed by atoms with Crippen LogP contribution in [0.4, 0.5) is 11.4 Å². The molecule has 2 aliphatic rings. The molecule has 2 saturated heterocycles. The molecule has 0 N–H and O–H groups in total. The normalized spacial score (nSPS) is 22.5. The quantitative estimate of drug-likeness (QED) is 0.627. The molecular weight excluding hydrogens is 286 g/mol. The molecule has 0 amide bonds. The first-order chi connectivity index (χ1) is 10.7. The van der Waals surface area contributed by atoms with Gasteiger partial charge in [-0.3, -0.25) is 10.1 Å². The predicted octanol–water partition coefficient (Wildman–Crippen LogP) is 2.06. The summed E-state index contributed by atoms with van der Waals surface area (Å²) in [5, 5.41) is 20.1. The molecular formula is C15H17N3O4. The van der Waals surface area contributed by atoms with Crippen molar-refractivity contribution >= 4 is 11.4 Å². The number of hydrogen-bond donors (Lipinski definition) is 0. The summed E-state index contributed by atoms with van der Waals surface area (Å²) in [6.45, 7) is 2.82. The lowest BCUT2D eigenvalue weighted by Gasteiger charge is -2.36. The van der Waals surface area contributed by atoms with E-state index in [0.29, 0.717) is 18.8 Å². The number of ether oxygens (including phenoxy) is 2. The van der Waals surface area contributed by atoms with Gasteiger partial charge in [0, 0.05) is 31.1 Å². The molecule has 0 aromatic heterocycles. The zero-order valence-electron chi connectivity index (χ0n) is 12.1. The monoisotopic (exact) mass is 303 g/mol. The van der Waals surface area contributed by atoms with Gasteiger partial charge in [0.15, 0.2) is 6.29 Å². The molecule has 7 heteroatoms. The fourth-order valence-electron chi connectivity index (χ4n) is 3.10. The van der Waals surface area contributed by atoms with Crippen LogP contribution in [0.2, 0.25) is 0 Å². The van der Waals surface area contributed by atoms with Gasteiger partial charge in [-0.1, -0.05) is 0 Å². The van der Waals surface area contributed by atoms with Gasteiger partial charge in [0.05, 0.1) is 29.4 Å². The third-order valence-corrected chi connectivity index (χ3v) is 4.14. The fraction of sp³-hybridized carbons (Fsp3) is 0.533. The summed E-state index contributed by atoms with van der Waals surface area (Å²) in [7, 11) is 0. The zero-order chi connectivity index (χ0) is 15.5. The molecule has 0 radical (unpaired) electrons. The van der Waals surface area contributed by atoms with Crippen LogP contribution in [0.15, 0.2) is 18.2 Å². The second kappa shape index (κ2) is 6.30. The van der Waals surface area contributed by atoms with Gasteiger partial charge >= 0.3 is 0 Å². The molecule has 0 saturated carbocycles. The molecule has 0 bridgehead atoms. The molecule has 0 unspecified atom stereocenters. The predicted molar refractivity (Wildman–Crippen MR) is 78.4 cm³/mol. The van der Waals surface area contributed by atoms with Crippen molar-refractivity contribution < 1.29 is 14.4 Å². The standard InChI is InChI=1S/C15H17N3O4/c16-9-12-8-13(18(19)20)3-4-14(12)17-5-1-2-11(10-17)15-21-6-7-22-15/h3-4,8,11,15H,1-2,5-7,10H2/t11-/m1/s1. The molecule has 2 fully saturated rings. The molecule has 1 aromatic rings. The largest absolute Gasteiger partial charge is 0.370 e. The summed E-state index contributed by atoms with van der Waals surface area (Å²) in [6, 6.07) is 6.51. The Kier molecular flexibility index (Phi) is 4.22. The Morgan fingerprint density at radius 2 is 2.14 bits per heavy atom. The molecule has 2 heterocycles. The van der Waals surface area contributed by atoms with Crippen LogP contribution in [0.5, 0.6) is 0 Å². The van der Waals surface area contributed by atoms with Crippen molar-refractivity contribution in [1.29, 1.82) is 5.26 Å². The molecule has 2 aliphatic heterocycles. The van der Waals surface area contributed by atoms with E-state index in [1.54, 1.807) is 6.07 Å². The lowest BCUT2D eigenvalue weighted by molar-refractivity contribution is -0.384. The molecule has 0 spiro atoms. The fourth-order valence-corrected chi connectivity index (χ4v) is 3.10. The Labute approximate surface area is 128 Å². The number of benzene rings is 1. The Balaban J connectivity index is 1.80. The van der Waals surface area contributed by atoms with E-state index in [-0.39, 0.29) is 17.9 Å². The van der Waals surface area contributed by atoms with E-state index in [2.05, 4.69) is 11.0 Å². The summed E-state index contributed by atoms with van der Waals surface area (Å²) in [6.07, 6.45) is 1.83. The van der Waals surface area contributed by atoms with Crippen LogP contribution >= 0.6 is 0 Å². The highest BCUT2D eigenvalue weighted by Crippen LogP contribution is 2.31. The van der Waals surface area contributed by atoms with Gasteiger partial charge in [0.2, 0.25) is 0 Å². The number of nitrogens with zero attached hydrogens (tertiary/aromatic N) is 3. The van der Waals surface area contributed by atoms with Crippen molar-refractivity contribution in [2.24, 2.45) is 5.92 Å². The van der Waals surface area contributed by atoms with Crippen LogP contribution in [-0.4, -0.2) is 37.5 Å². The Morgan fingerprint density at radius 1 is 1.36 bits per heavy atom. The summed E-state index contributed by atoms with van der Waals surface area (Å²) >= 11 is 0. The number of piperidine rings is 1. The van der Waals surface area contributed by atoms with Gasteiger partial charge in [-0.25, -0.2) is 0 Å². The first-order valence-electron chi connectivity index (χ1n) is 7.36. The van der Waals surface area contributed by atoms with Crippen molar-refractivity contribution in [2.75, 3.05) is 31.2 Å². The van der Waals surface area contributed by atoms with Gasteiger partial charge in [-0.05, 0) is 18.9 Å². The third-order valence-electron chi connectivity index (χ3n) is 4.14. The van der Waals surface area contributed by atoms with Gasteiger partial charge in [-0.2, -0.15) is 5.26 Å². The Morgan fingerprint density at radius 3 is 2.82 bits per heavy atom. The molecule has 116 valence electrons. The lowest BCUT2D eigenvalue weighted by atomic mass is 9.96. The number of non-ortho nitro benzene ring substituents is 1. The minimum atomic E-state index is -0.482. The summed E-state index contributed by atoms with van der Waals surface area (Å²) in [4.78, 5) is 12.4. The van der Waals surface area contributed by atoms with Crippen LogP contribution in [0.25, 0.3) is 0 Å². The number of nitro groups is 1. The molecule has 7 nitrogen and oxygen atoms in total. The highest BCUT2D eigenvalue weighted by atomic mass is 16.7. The summed E-state index contributed by atoms with van der Waals surface area (Å²) < 4.78 is 11.2. The maximum Gasteiger partial charge on any atom is 0.270 e. The molecule has 1 aromatic carbocycles. The average Bonchev–Trinajstić information content (AvgIpc) is 3.09. The number of nitro benzene ring substituents is 1. The molecule has 0 aliphatic carbocycles. The average molecular weight is 303 g/mol. The highest BCUT2D eigenvalue weighted by Gasteiger charge is 2.32. The first-order valence-corrected chi connectivity index (χ1v) is 7.36. The second-order valence-corrected chi connectivity index (χ2v) is 5.53. The maximum absolute atomic E-state index is 10.8. The summed E-state index contributed by atoms with van der Waals surface area (Å²) in [5.41, 5.74) is 1.02. The number of anilines is 1. The highest BCUT2D eigenvalue weighted by molar-refractivity contribution is 5.63. The van der Waals surface area contributed by atoms with Crippen molar-refractivity contribution in [3.63, 3.8) is 0 Å². The SMILES string of the molecule is N#Cc1cc([N+](=O)[O-])ccc1N1CCC[C@@H](C2OCCO2)C1. The zero-order valence-corrected chi connectivity index (χ0v) is 12.1. The van der Waals surface area contributed by atoms with E-state index in [4.69, 9.17) is 9.47 Å². The topological polar surface area (TPSA) is 88.6 Å². The van der Waals surface area contributed by atoms with E-state index in [1.807, 2.05) is 0 Å². The first kappa shape index (κ1) is 14.8. The number of rotatable bonds is 3. The Hall–Kier alpha value is -2.17. The van der Waals surface area contributed by atoms with Gasteiger partial charge in [-0.15, -0.1) is 0 Å². The van der Waals surface area contributed by atoms with Crippen molar-refractivity contribution in [3.8, 4) is 6.07 Å². The van der Waals surface area contributed by atoms with E-state index < -0.39 is 4.92 Å². The molecule has 1 atom stereocenters. The van der Waals surface area contributed by atoms with E-state index in [1.165, 1.54) is 12.1 Å². The number of nitriles is 1. The molecule has 3 rings (SSSR count). The van der Waals surface area contributed by atoms with Crippen LogP contribution < -0.4 is 4.90 Å². The van der Waals surface area contributed by atoms with Gasteiger partial charge < -0.3 is 14.4 Å². The van der Waals surface area contributed by atoms with E-state index in [9.17, 15) is 15.4 Å². The Bertz CT molecular complexity index is 607. The van der Waals surface area contributed by atoms with Gasteiger partial charge in [0.25, 0.3) is 5.69 Å². The van der Waals surface area contributed by atoms with Crippen molar-refractivity contribution in [1.82, 2.24) is 0 Å². The van der Waals surface area contributed by atoms with E-state index >= 15 is 0 Å². The second-order valence-electron chi connectivity index (χ2n) is 5.53. The van der Waals surface area contributed by atoms with Crippen LogP contribution in [-0.2, 0) is 9.47 Å². The molecule has 22 heavy (non-hydrogen) atoms. The minimum absolute atomic E-state index is 0.0590. The smallest absolute Gasteiger partial charge is 0.270 e. The van der Waals surface area contributed by atoms with Crippen LogP contribution in [0.3, 0.4) is 0 Å². The lowest BCUT2D eigenvalue weighted by Crippen LogP contribution is -2.41. The van der Waals surface area contributed by atoms with Crippen LogP contribution in [0.1, 0.15) is 18.4 Å².